The van der Waals surface area contributed by atoms with Crippen molar-refractivity contribution in [3.63, 3.8) is 0 Å². The van der Waals surface area contributed by atoms with Crippen molar-refractivity contribution < 1.29 is 9.18 Å². The van der Waals surface area contributed by atoms with Crippen molar-refractivity contribution in [3.05, 3.63) is 66.0 Å². The van der Waals surface area contributed by atoms with E-state index in [1.165, 1.54) is 18.2 Å². The zero-order chi connectivity index (χ0) is 17.5. The summed E-state index contributed by atoms with van der Waals surface area (Å²) in [7, 11) is 0. The lowest BCUT2D eigenvalue weighted by Gasteiger charge is -2.27. The van der Waals surface area contributed by atoms with Gasteiger partial charge in [-0.2, -0.15) is 0 Å². The third-order valence-electron chi connectivity index (χ3n) is 3.73. The van der Waals surface area contributed by atoms with Crippen LogP contribution in [0.3, 0.4) is 0 Å². The summed E-state index contributed by atoms with van der Waals surface area (Å²) in [5.74, 6) is -0.512. The summed E-state index contributed by atoms with van der Waals surface area (Å²) < 4.78 is 12.8. The number of halogens is 1. The summed E-state index contributed by atoms with van der Waals surface area (Å²) in [5, 5.41) is 2.82. The van der Waals surface area contributed by atoms with E-state index in [0.717, 1.165) is 23.5 Å². The summed E-state index contributed by atoms with van der Waals surface area (Å²) in [5.41, 5.74) is 2.65. The molecule has 2 aromatic carbocycles. The highest BCUT2D eigenvalue weighted by Gasteiger charge is 2.08. The first-order chi connectivity index (χ1) is 11.5. The number of hydrogen-bond acceptors (Lipinski definition) is 2. The molecule has 1 amide bonds. The standard InChI is InChI=1S/C20H23FN2O/c1-4-23(15(2)3)19-12-10-18(11-13-19)22-20(24)14-7-16-5-8-17(21)9-6-16/h5-15H,4H2,1-3H3,(H,22,24)/b14-7+. The summed E-state index contributed by atoms with van der Waals surface area (Å²) in [6.07, 6.45) is 3.09. The van der Waals surface area contributed by atoms with Gasteiger partial charge < -0.3 is 10.2 Å². The molecule has 0 saturated heterocycles. The Hall–Kier alpha value is -2.62. The van der Waals surface area contributed by atoms with Crippen molar-refractivity contribution in [2.45, 2.75) is 26.8 Å². The van der Waals surface area contributed by atoms with Crippen LogP contribution in [0, 0.1) is 5.82 Å². The number of carbonyl (C=O) groups excluding carboxylic acids is 1. The first-order valence-electron chi connectivity index (χ1n) is 8.11. The minimum absolute atomic E-state index is 0.219. The van der Waals surface area contributed by atoms with Crippen molar-refractivity contribution in [3.8, 4) is 0 Å². The van der Waals surface area contributed by atoms with Gasteiger partial charge in [-0.05, 0) is 68.8 Å². The van der Waals surface area contributed by atoms with Gasteiger partial charge in [0.05, 0.1) is 0 Å². The fraction of sp³-hybridized carbons (Fsp3) is 0.250. The molecule has 2 rings (SSSR count). The molecule has 0 saturated carbocycles. The zero-order valence-electron chi connectivity index (χ0n) is 14.3. The molecule has 0 aliphatic carbocycles. The van der Waals surface area contributed by atoms with Crippen LogP contribution in [0.5, 0.6) is 0 Å². The Labute approximate surface area is 142 Å². The van der Waals surface area contributed by atoms with E-state index in [9.17, 15) is 9.18 Å². The molecule has 0 aromatic heterocycles. The summed E-state index contributed by atoms with van der Waals surface area (Å²) in [6.45, 7) is 7.36. The minimum atomic E-state index is -0.292. The average Bonchev–Trinajstić information content (AvgIpc) is 2.56. The maximum absolute atomic E-state index is 12.8. The smallest absolute Gasteiger partial charge is 0.248 e. The van der Waals surface area contributed by atoms with E-state index in [4.69, 9.17) is 0 Å². The van der Waals surface area contributed by atoms with Gasteiger partial charge >= 0.3 is 0 Å². The van der Waals surface area contributed by atoms with E-state index in [2.05, 4.69) is 31.0 Å². The van der Waals surface area contributed by atoms with E-state index in [1.807, 2.05) is 24.3 Å². The topological polar surface area (TPSA) is 32.3 Å². The van der Waals surface area contributed by atoms with Gasteiger partial charge in [-0.25, -0.2) is 4.39 Å². The molecule has 126 valence electrons. The number of nitrogens with zero attached hydrogens (tertiary/aromatic N) is 1. The number of amides is 1. The summed E-state index contributed by atoms with van der Waals surface area (Å²) in [4.78, 5) is 14.2. The molecule has 0 unspecified atom stereocenters. The lowest BCUT2D eigenvalue weighted by Crippen LogP contribution is -2.30. The third kappa shape index (κ3) is 4.95. The Bertz CT molecular complexity index is 691. The first-order valence-corrected chi connectivity index (χ1v) is 8.11. The Kier molecular flexibility index (Phi) is 6.13. The van der Waals surface area contributed by atoms with Crippen LogP contribution in [0.25, 0.3) is 6.08 Å². The monoisotopic (exact) mass is 326 g/mol. The predicted molar refractivity (Wildman–Crippen MR) is 98.7 cm³/mol. The van der Waals surface area contributed by atoms with Crippen LogP contribution >= 0.6 is 0 Å². The van der Waals surface area contributed by atoms with Crippen LogP contribution in [-0.2, 0) is 4.79 Å². The van der Waals surface area contributed by atoms with Gasteiger partial charge in [0.15, 0.2) is 0 Å². The lowest BCUT2D eigenvalue weighted by molar-refractivity contribution is -0.111. The molecule has 0 atom stereocenters. The van der Waals surface area contributed by atoms with Crippen molar-refractivity contribution in [1.29, 1.82) is 0 Å². The number of nitrogens with one attached hydrogen (secondary N) is 1. The van der Waals surface area contributed by atoms with Crippen LogP contribution in [0.1, 0.15) is 26.3 Å². The molecule has 0 heterocycles. The predicted octanol–water partition coefficient (Wildman–Crippen LogP) is 4.71. The lowest BCUT2D eigenvalue weighted by atomic mass is 10.2. The fourth-order valence-corrected chi connectivity index (χ4v) is 2.51. The minimum Gasteiger partial charge on any atom is -0.369 e. The molecule has 0 spiro atoms. The molecule has 24 heavy (non-hydrogen) atoms. The molecule has 0 aliphatic heterocycles. The number of carbonyl (C=O) groups is 1. The molecule has 0 radical (unpaired) electrons. The van der Waals surface area contributed by atoms with Crippen LogP contribution in [0.4, 0.5) is 15.8 Å². The molecule has 4 heteroatoms. The van der Waals surface area contributed by atoms with Gasteiger partial charge in [-0.3, -0.25) is 4.79 Å². The van der Waals surface area contributed by atoms with Crippen molar-refractivity contribution in [2.75, 3.05) is 16.8 Å². The second-order valence-corrected chi connectivity index (χ2v) is 5.80. The maximum Gasteiger partial charge on any atom is 0.248 e. The zero-order valence-corrected chi connectivity index (χ0v) is 14.3. The van der Waals surface area contributed by atoms with Crippen LogP contribution in [0.15, 0.2) is 54.6 Å². The van der Waals surface area contributed by atoms with Crippen molar-refractivity contribution in [1.82, 2.24) is 0 Å². The number of anilines is 2. The molecule has 0 aliphatic rings. The number of rotatable bonds is 6. The van der Waals surface area contributed by atoms with Crippen molar-refractivity contribution in [2.24, 2.45) is 0 Å². The summed E-state index contributed by atoms with van der Waals surface area (Å²) >= 11 is 0. The van der Waals surface area contributed by atoms with Crippen LogP contribution < -0.4 is 10.2 Å². The highest BCUT2D eigenvalue weighted by molar-refractivity contribution is 6.02. The third-order valence-corrected chi connectivity index (χ3v) is 3.73. The molecule has 3 nitrogen and oxygen atoms in total. The van der Waals surface area contributed by atoms with Gasteiger partial charge in [0.25, 0.3) is 0 Å². The van der Waals surface area contributed by atoms with Gasteiger partial charge in [-0.1, -0.05) is 12.1 Å². The normalized spacial score (nSPS) is 11.0. The second-order valence-electron chi connectivity index (χ2n) is 5.80. The Balaban J connectivity index is 1.97. The van der Waals surface area contributed by atoms with E-state index < -0.39 is 0 Å². The average molecular weight is 326 g/mol. The largest absolute Gasteiger partial charge is 0.369 e. The molecule has 1 N–H and O–H groups in total. The number of hydrogen-bond donors (Lipinski definition) is 1. The van der Waals surface area contributed by atoms with E-state index in [0.29, 0.717) is 6.04 Å². The van der Waals surface area contributed by atoms with Gasteiger partial charge in [0.2, 0.25) is 5.91 Å². The van der Waals surface area contributed by atoms with Crippen LogP contribution in [0.2, 0.25) is 0 Å². The molecule has 2 aromatic rings. The molecular formula is C20H23FN2O. The Morgan fingerprint density at radius 3 is 2.29 bits per heavy atom. The fourth-order valence-electron chi connectivity index (χ4n) is 2.51. The second kappa shape index (κ2) is 8.29. The van der Waals surface area contributed by atoms with Crippen LogP contribution in [-0.4, -0.2) is 18.5 Å². The van der Waals surface area contributed by atoms with Crippen molar-refractivity contribution >= 4 is 23.4 Å². The molecule has 0 bridgehead atoms. The highest BCUT2D eigenvalue weighted by atomic mass is 19.1. The van der Waals surface area contributed by atoms with E-state index in [-0.39, 0.29) is 11.7 Å². The Morgan fingerprint density at radius 1 is 1.12 bits per heavy atom. The molecule has 0 fully saturated rings. The van der Waals surface area contributed by atoms with Gasteiger partial charge in [0.1, 0.15) is 5.82 Å². The SMILES string of the molecule is CCN(c1ccc(NC(=O)/C=C/c2ccc(F)cc2)cc1)C(C)C. The van der Waals surface area contributed by atoms with E-state index >= 15 is 0 Å². The summed E-state index contributed by atoms with van der Waals surface area (Å²) in [6, 6.07) is 14.2. The quantitative estimate of drug-likeness (QED) is 0.780. The Morgan fingerprint density at radius 2 is 1.75 bits per heavy atom. The molecular weight excluding hydrogens is 303 g/mol. The van der Waals surface area contributed by atoms with Gasteiger partial charge in [-0.15, -0.1) is 0 Å². The number of benzene rings is 2. The van der Waals surface area contributed by atoms with E-state index in [1.54, 1.807) is 18.2 Å². The first kappa shape index (κ1) is 17.7. The van der Waals surface area contributed by atoms with Gasteiger partial charge in [0, 0.05) is 30.0 Å². The highest BCUT2D eigenvalue weighted by Crippen LogP contribution is 2.20. The maximum atomic E-state index is 12.8.